The summed E-state index contributed by atoms with van der Waals surface area (Å²) < 4.78 is 0. The highest BCUT2D eigenvalue weighted by Crippen LogP contribution is 2.16. The Morgan fingerprint density at radius 3 is 1.56 bits per heavy atom. The lowest BCUT2D eigenvalue weighted by Crippen LogP contribution is -2.12. The molecule has 0 radical (unpaired) electrons. The van der Waals surface area contributed by atoms with Crippen LogP contribution in [-0.4, -0.2) is 21.8 Å². The minimum atomic E-state index is -0.551. The average Bonchev–Trinajstić information content (AvgIpc) is 2.39. The van der Waals surface area contributed by atoms with Crippen molar-refractivity contribution in [2.75, 3.05) is 0 Å². The lowest BCUT2D eigenvalue weighted by atomic mass is 10.1. The first-order chi connectivity index (χ1) is 8.58. The van der Waals surface area contributed by atoms with Crippen molar-refractivity contribution in [3.8, 4) is 11.4 Å². The summed E-state index contributed by atoms with van der Waals surface area (Å²) in [7, 11) is 0. The third kappa shape index (κ3) is 2.32. The lowest BCUT2D eigenvalue weighted by molar-refractivity contribution is 0.0991. The molecule has 6 heteroatoms. The van der Waals surface area contributed by atoms with Gasteiger partial charge in [0.1, 0.15) is 0 Å². The monoisotopic (exact) mass is 242 g/mol. The van der Waals surface area contributed by atoms with Gasteiger partial charge in [-0.3, -0.25) is 19.6 Å². The van der Waals surface area contributed by atoms with Crippen molar-refractivity contribution >= 4 is 11.8 Å². The van der Waals surface area contributed by atoms with E-state index in [9.17, 15) is 9.59 Å². The second kappa shape index (κ2) is 4.62. The minimum absolute atomic E-state index is 0.325. The minimum Gasteiger partial charge on any atom is -0.366 e. The zero-order valence-corrected chi connectivity index (χ0v) is 9.33. The molecule has 0 spiro atoms. The van der Waals surface area contributed by atoms with Gasteiger partial charge in [0.15, 0.2) is 0 Å². The molecule has 0 unspecified atom stereocenters. The molecule has 90 valence electrons. The predicted octanol–water partition coefficient (Wildman–Crippen LogP) is 0.341. The van der Waals surface area contributed by atoms with Gasteiger partial charge in [-0.2, -0.15) is 0 Å². The maximum atomic E-state index is 11.1. The fraction of sp³-hybridized carbons (Fsp3) is 0. The van der Waals surface area contributed by atoms with Crippen molar-refractivity contribution in [1.82, 2.24) is 9.97 Å². The molecule has 0 aromatic carbocycles. The van der Waals surface area contributed by atoms with E-state index in [1.54, 1.807) is 0 Å². The van der Waals surface area contributed by atoms with Gasteiger partial charge < -0.3 is 11.5 Å². The number of hydrogen-bond donors (Lipinski definition) is 2. The first-order valence-corrected chi connectivity index (χ1v) is 5.10. The molecule has 2 heterocycles. The second-order valence-corrected chi connectivity index (χ2v) is 3.59. The molecule has 2 aromatic heterocycles. The number of nitrogens with two attached hydrogens (primary N) is 2. The first kappa shape index (κ1) is 11.7. The van der Waals surface area contributed by atoms with Gasteiger partial charge in [-0.15, -0.1) is 0 Å². The SMILES string of the molecule is NC(=O)c1ccnc(-c2cc(C(N)=O)ccn2)c1. The molecule has 4 N–H and O–H groups in total. The van der Waals surface area contributed by atoms with Gasteiger partial charge in [-0.25, -0.2) is 0 Å². The van der Waals surface area contributed by atoms with E-state index in [1.165, 1.54) is 36.7 Å². The predicted molar refractivity (Wildman–Crippen MR) is 64.5 cm³/mol. The maximum absolute atomic E-state index is 11.1. The van der Waals surface area contributed by atoms with Gasteiger partial charge in [0, 0.05) is 23.5 Å². The van der Waals surface area contributed by atoms with Crippen LogP contribution in [0, 0.1) is 0 Å². The topological polar surface area (TPSA) is 112 Å². The quantitative estimate of drug-likeness (QED) is 0.808. The Kier molecular flexibility index (Phi) is 3.01. The fourth-order valence-corrected chi connectivity index (χ4v) is 1.45. The molecule has 0 aliphatic heterocycles. The number of amides is 2. The van der Waals surface area contributed by atoms with Crippen LogP contribution in [0.4, 0.5) is 0 Å². The molecular formula is C12H10N4O2. The second-order valence-electron chi connectivity index (χ2n) is 3.59. The van der Waals surface area contributed by atoms with E-state index in [1.807, 2.05) is 0 Å². The largest absolute Gasteiger partial charge is 0.366 e. The van der Waals surface area contributed by atoms with Gasteiger partial charge >= 0.3 is 0 Å². The standard InChI is InChI=1S/C12H10N4O2/c13-11(17)7-1-3-15-9(5-7)10-6-8(12(14)18)2-4-16-10/h1-6H,(H2,13,17)(H2,14,18). The Balaban J connectivity index is 2.48. The number of hydrogen-bond acceptors (Lipinski definition) is 4. The number of rotatable bonds is 3. The molecule has 2 amide bonds. The van der Waals surface area contributed by atoms with Gasteiger partial charge in [0.05, 0.1) is 11.4 Å². The number of primary amides is 2. The third-order valence-electron chi connectivity index (χ3n) is 2.35. The van der Waals surface area contributed by atoms with E-state index in [0.717, 1.165) is 0 Å². The number of carbonyl (C=O) groups excluding carboxylic acids is 2. The van der Waals surface area contributed by atoms with Crippen molar-refractivity contribution in [2.45, 2.75) is 0 Å². The Morgan fingerprint density at radius 2 is 1.22 bits per heavy atom. The summed E-state index contributed by atoms with van der Waals surface area (Å²) in [5.74, 6) is -1.10. The van der Waals surface area contributed by atoms with Crippen molar-refractivity contribution in [3.63, 3.8) is 0 Å². The summed E-state index contributed by atoms with van der Waals surface area (Å²) in [6.45, 7) is 0. The van der Waals surface area contributed by atoms with Crippen LogP contribution in [0.15, 0.2) is 36.7 Å². The van der Waals surface area contributed by atoms with Crippen LogP contribution in [0.3, 0.4) is 0 Å². The van der Waals surface area contributed by atoms with Crippen molar-refractivity contribution in [1.29, 1.82) is 0 Å². The van der Waals surface area contributed by atoms with E-state index in [4.69, 9.17) is 11.5 Å². The van der Waals surface area contributed by atoms with E-state index in [2.05, 4.69) is 9.97 Å². The molecule has 0 atom stereocenters. The summed E-state index contributed by atoms with van der Waals surface area (Å²) in [5.41, 5.74) is 11.9. The average molecular weight is 242 g/mol. The number of carbonyl (C=O) groups is 2. The molecule has 2 aromatic rings. The Hall–Kier alpha value is -2.76. The summed E-state index contributed by atoms with van der Waals surface area (Å²) in [5, 5.41) is 0. The summed E-state index contributed by atoms with van der Waals surface area (Å²) >= 11 is 0. The summed E-state index contributed by atoms with van der Waals surface area (Å²) in [6.07, 6.45) is 2.90. The van der Waals surface area contributed by atoms with Gasteiger partial charge in [-0.1, -0.05) is 0 Å². The van der Waals surface area contributed by atoms with Crippen molar-refractivity contribution < 1.29 is 9.59 Å². The van der Waals surface area contributed by atoms with E-state index >= 15 is 0 Å². The van der Waals surface area contributed by atoms with E-state index in [0.29, 0.717) is 22.5 Å². The lowest BCUT2D eigenvalue weighted by Gasteiger charge is -2.03. The Morgan fingerprint density at radius 1 is 0.833 bits per heavy atom. The highest BCUT2D eigenvalue weighted by molar-refractivity contribution is 5.95. The Labute approximate surface area is 103 Å². The molecule has 0 aliphatic carbocycles. The van der Waals surface area contributed by atoms with E-state index in [-0.39, 0.29) is 0 Å². The van der Waals surface area contributed by atoms with Crippen LogP contribution < -0.4 is 11.5 Å². The van der Waals surface area contributed by atoms with Crippen LogP contribution in [-0.2, 0) is 0 Å². The maximum Gasteiger partial charge on any atom is 0.248 e. The molecule has 18 heavy (non-hydrogen) atoms. The molecule has 0 bridgehead atoms. The third-order valence-corrected chi connectivity index (χ3v) is 2.35. The molecule has 0 saturated heterocycles. The number of nitrogens with zero attached hydrogens (tertiary/aromatic N) is 2. The smallest absolute Gasteiger partial charge is 0.248 e. The van der Waals surface area contributed by atoms with Gasteiger partial charge in [-0.05, 0) is 24.3 Å². The fourth-order valence-electron chi connectivity index (χ4n) is 1.45. The van der Waals surface area contributed by atoms with Gasteiger partial charge in [0.25, 0.3) is 0 Å². The first-order valence-electron chi connectivity index (χ1n) is 5.10. The van der Waals surface area contributed by atoms with Crippen LogP contribution in [0.2, 0.25) is 0 Å². The van der Waals surface area contributed by atoms with Crippen molar-refractivity contribution in [3.05, 3.63) is 47.8 Å². The van der Waals surface area contributed by atoms with E-state index < -0.39 is 11.8 Å². The van der Waals surface area contributed by atoms with Crippen LogP contribution in [0.5, 0.6) is 0 Å². The zero-order chi connectivity index (χ0) is 13.1. The summed E-state index contributed by atoms with van der Waals surface area (Å²) in [4.78, 5) is 30.3. The molecular weight excluding hydrogens is 232 g/mol. The molecule has 0 aliphatic rings. The van der Waals surface area contributed by atoms with Crippen LogP contribution in [0.25, 0.3) is 11.4 Å². The Bertz CT molecular complexity index is 569. The highest BCUT2D eigenvalue weighted by atomic mass is 16.1. The zero-order valence-electron chi connectivity index (χ0n) is 9.33. The van der Waals surface area contributed by atoms with Crippen LogP contribution in [0.1, 0.15) is 20.7 Å². The molecule has 6 nitrogen and oxygen atoms in total. The number of pyridine rings is 2. The molecule has 0 saturated carbocycles. The van der Waals surface area contributed by atoms with Gasteiger partial charge in [0.2, 0.25) is 11.8 Å². The normalized spacial score (nSPS) is 10.0. The van der Waals surface area contributed by atoms with Crippen molar-refractivity contribution in [2.24, 2.45) is 11.5 Å². The molecule has 0 fully saturated rings. The summed E-state index contributed by atoms with van der Waals surface area (Å²) in [6, 6.07) is 6.03. The highest BCUT2D eigenvalue weighted by Gasteiger charge is 2.08. The molecule has 2 rings (SSSR count). The van der Waals surface area contributed by atoms with Crippen LogP contribution >= 0.6 is 0 Å². The number of aromatic nitrogens is 2.